The summed E-state index contributed by atoms with van der Waals surface area (Å²) in [5.41, 5.74) is 2.82. The van der Waals surface area contributed by atoms with Crippen LogP contribution in [0.5, 0.6) is 0 Å². The zero-order valence-electron chi connectivity index (χ0n) is 14.3. The first-order valence-corrected chi connectivity index (χ1v) is 9.38. The van der Waals surface area contributed by atoms with E-state index >= 15 is 0 Å². The fourth-order valence-corrected chi connectivity index (χ4v) is 6.57. The molecule has 3 unspecified atom stereocenters. The van der Waals surface area contributed by atoms with Crippen LogP contribution in [0.25, 0.3) is 0 Å². The van der Waals surface area contributed by atoms with Gasteiger partial charge in [0.15, 0.2) is 0 Å². The van der Waals surface area contributed by atoms with E-state index in [9.17, 15) is 10.2 Å². The highest BCUT2D eigenvalue weighted by Gasteiger charge is 2.58. The van der Waals surface area contributed by atoms with Crippen molar-refractivity contribution in [2.24, 2.45) is 28.6 Å². The monoisotopic (exact) mass is 314 g/mol. The van der Waals surface area contributed by atoms with E-state index in [4.69, 9.17) is 0 Å². The van der Waals surface area contributed by atoms with Gasteiger partial charge in [-0.05, 0) is 79.3 Å². The van der Waals surface area contributed by atoms with Gasteiger partial charge in [-0.25, -0.2) is 0 Å². The third kappa shape index (κ3) is 2.01. The Labute approximate surface area is 140 Å². The second-order valence-corrected chi connectivity index (χ2v) is 8.61. The Morgan fingerprint density at radius 2 is 2.09 bits per heavy atom. The normalized spacial score (nSPS) is 48.7. The third-order valence-electron chi connectivity index (χ3n) is 7.98. The molecular weight excluding hydrogens is 284 g/mol. The molecule has 2 nitrogen and oxygen atoms in total. The fourth-order valence-electron chi connectivity index (χ4n) is 6.57. The minimum atomic E-state index is -0.106. The predicted molar refractivity (Wildman–Crippen MR) is 92.8 cm³/mol. The van der Waals surface area contributed by atoms with Crippen LogP contribution in [0.3, 0.4) is 0 Å². The molecule has 2 heteroatoms. The zero-order valence-corrected chi connectivity index (χ0v) is 14.3. The summed E-state index contributed by atoms with van der Waals surface area (Å²) in [6, 6.07) is 0. The topological polar surface area (TPSA) is 40.5 Å². The van der Waals surface area contributed by atoms with Crippen LogP contribution in [0.15, 0.2) is 36.0 Å². The van der Waals surface area contributed by atoms with Gasteiger partial charge < -0.3 is 10.2 Å². The lowest BCUT2D eigenvalue weighted by molar-refractivity contribution is -0.0570. The summed E-state index contributed by atoms with van der Waals surface area (Å²) < 4.78 is 0. The first-order valence-electron chi connectivity index (χ1n) is 9.38. The third-order valence-corrected chi connectivity index (χ3v) is 7.98. The first kappa shape index (κ1) is 15.7. The van der Waals surface area contributed by atoms with Gasteiger partial charge in [-0.2, -0.15) is 0 Å². The lowest BCUT2D eigenvalue weighted by Crippen LogP contribution is -2.50. The molecule has 0 aromatic carbocycles. The van der Waals surface area contributed by atoms with Gasteiger partial charge in [0, 0.05) is 5.41 Å². The predicted octanol–water partition coefficient (Wildman–Crippen LogP) is 4.00. The molecule has 23 heavy (non-hydrogen) atoms. The molecule has 0 aliphatic heterocycles. The maximum Gasteiger partial charge on any atom is 0.0644 e. The van der Waals surface area contributed by atoms with Crippen molar-refractivity contribution in [3.8, 4) is 0 Å². The Morgan fingerprint density at radius 3 is 2.83 bits per heavy atom. The molecule has 6 atom stereocenters. The molecule has 0 spiro atoms. The van der Waals surface area contributed by atoms with Crippen LogP contribution in [-0.4, -0.2) is 22.9 Å². The first-order chi connectivity index (χ1) is 11.0. The van der Waals surface area contributed by atoms with E-state index in [1.54, 1.807) is 0 Å². The van der Waals surface area contributed by atoms with E-state index in [0.717, 1.165) is 32.1 Å². The molecule has 2 N–H and O–H groups in total. The summed E-state index contributed by atoms with van der Waals surface area (Å²) >= 11 is 0. The summed E-state index contributed by atoms with van der Waals surface area (Å²) in [5.74, 6) is 2.02. The zero-order chi connectivity index (χ0) is 16.2. The van der Waals surface area contributed by atoms with E-state index < -0.39 is 0 Å². The van der Waals surface area contributed by atoms with Crippen molar-refractivity contribution >= 4 is 0 Å². The van der Waals surface area contributed by atoms with Gasteiger partial charge >= 0.3 is 0 Å². The molecule has 2 saturated carbocycles. The fraction of sp³-hybridized carbons (Fsp3) is 0.714. The van der Waals surface area contributed by atoms with Crippen LogP contribution in [0, 0.1) is 28.6 Å². The van der Waals surface area contributed by atoms with Gasteiger partial charge in [-0.1, -0.05) is 25.2 Å². The van der Waals surface area contributed by atoms with Gasteiger partial charge in [-0.3, -0.25) is 0 Å². The van der Waals surface area contributed by atoms with Crippen LogP contribution in [0.1, 0.15) is 51.9 Å². The average Bonchev–Trinajstić information content (AvgIpc) is 2.89. The highest BCUT2D eigenvalue weighted by atomic mass is 16.3. The van der Waals surface area contributed by atoms with E-state index in [0.29, 0.717) is 17.8 Å². The van der Waals surface area contributed by atoms with Crippen molar-refractivity contribution in [3.05, 3.63) is 36.0 Å². The number of aliphatic hydroxyl groups excluding tert-OH is 2. The van der Waals surface area contributed by atoms with Crippen LogP contribution < -0.4 is 0 Å². The second-order valence-electron chi connectivity index (χ2n) is 8.61. The average molecular weight is 314 g/mol. The van der Waals surface area contributed by atoms with Gasteiger partial charge in [-0.15, -0.1) is 6.58 Å². The summed E-state index contributed by atoms with van der Waals surface area (Å²) in [6.07, 6.45) is 14.5. The second kappa shape index (κ2) is 5.32. The van der Waals surface area contributed by atoms with Crippen molar-refractivity contribution in [3.63, 3.8) is 0 Å². The van der Waals surface area contributed by atoms with E-state index in [1.807, 2.05) is 0 Å². The standard InChI is InChI=1S/C21H30O2/c1-3-21-11-8-14(13-22)12-15(21)4-5-16-17-6-7-19(23)20(17,2)10-9-18(16)21/h3-4,12,16-19,22-23H,1,5-11,13H2,2H3/t16?,17?,18?,19-,20-,21-/m0/s1. The molecule has 2 fully saturated rings. The Balaban J connectivity index is 1.73. The molecule has 4 rings (SSSR count). The molecule has 0 aromatic rings. The van der Waals surface area contributed by atoms with Crippen LogP contribution >= 0.6 is 0 Å². The Morgan fingerprint density at radius 1 is 1.26 bits per heavy atom. The maximum atomic E-state index is 10.5. The van der Waals surface area contributed by atoms with Gasteiger partial charge in [0.05, 0.1) is 12.7 Å². The van der Waals surface area contributed by atoms with Crippen LogP contribution in [-0.2, 0) is 0 Å². The van der Waals surface area contributed by atoms with Crippen molar-refractivity contribution in [2.75, 3.05) is 6.61 Å². The summed E-state index contributed by atoms with van der Waals surface area (Å²) in [7, 11) is 0. The number of fused-ring (bicyclic) bond motifs is 5. The van der Waals surface area contributed by atoms with E-state index in [-0.39, 0.29) is 23.5 Å². The van der Waals surface area contributed by atoms with E-state index in [1.165, 1.54) is 24.0 Å². The summed E-state index contributed by atoms with van der Waals surface area (Å²) in [5, 5.41) is 20.0. The van der Waals surface area contributed by atoms with Crippen LogP contribution in [0.2, 0.25) is 0 Å². The molecule has 0 aromatic heterocycles. The van der Waals surface area contributed by atoms with Crippen molar-refractivity contribution < 1.29 is 10.2 Å². The molecule has 0 heterocycles. The summed E-state index contributed by atoms with van der Waals surface area (Å²) in [6.45, 7) is 6.75. The molecule has 4 aliphatic carbocycles. The SMILES string of the molecule is C=C[C@]12CCC(CO)=CC1=CCC1C2CC[C@@]2(C)C1CC[C@@H]2O. The Bertz CT molecular complexity index is 574. The van der Waals surface area contributed by atoms with Crippen molar-refractivity contribution in [2.45, 2.75) is 58.0 Å². The number of aliphatic hydroxyl groups is 2. The molecule has 4 aliphatic rings. The molecular formula is C21H30O2. The minimum absolute atomic E-state index is 0.106. The van der Waals surface area contributed by atoms with Crippen molar-refractivity contribution in [1.82, 2.24) is 0 Å². The number of allylic oxidation sites excluding steroid dienone is 4. The molecule has 126 valence electrons. The smallest absolute Gasteiger partial charge is 0.0644 e. The minimum Gasteiger partial charge on any atom is -0.393 e. The quantitative estimate of drug-likeness (QED) is 0.756. The van der Waals surface area contributed by atoms with Gasteiger partial charge in [0.2, 0.25) is 0 Å². The van der Waals surface area contributed by atoms with Gasteiger partial charge in [0.1, 0.15) is 0 Å². The molecule has 0 radical (unpaired) electrons. The number of rotatable bonds is 2. The summed E-state index contributed by atoms with van der Waals surface area (Å²) in [4.78, 5) is 0. The molecule has 0 saturated heterocycles. The lowest BCUT2D eigenvalue weighted by Gasteiger charge is -2.56. The van der Waals surface area contributed by atoms with Gasteiger partial charge in [0.25, 0.3) is 0 Å². The highest BCUT2D eigenvalue weighted by molar-refractivity contribution is 5.41. The van der Waals surface area contributed by atoms with E-state index in [2.05, 4.69) is 31.7 Å². The maximum absolute atomic E-state index is 10.5. The van der Waals surface area contributed by atoms with Crippen molar-refractivity contribution in [1.29, 1.82) is 0 Å². The highest BCUT2D eigenvalue weighted by Crippen LogP contribution is 2.64. The largest absolute Gasteiger partial charge is 0.393 e. The van der Waals surface area contributed by atoms with Crippen LogP contribution in [0.4, 0.5) is 0 Å². The molecule has 0 amide bonds. The number of hydrogen-bond donors (Lipinski definition) is 2. The number of hydrogen-bond acceptors (Lipinski definition) is 2. The Hall–Kier alpha value is -0.860. The Kier molecular flexibility index (Phi) is 3.62. The lowest BCUT2D eigenvalue weighted by atomic mass is 9.48. The molecule has 0 bridgehead atoms.